The first-order valence-corrected chi connectivity index (χ1v) is 7.91. The van der Waals surface area contributed by atoms with Crippen molar-refractivity contribution in [2.24, 2.45) is 0 Å². The molecule has 0 atom stereocenters. The van der Waals surface area contributed by atoms with Gasteiger partial charge in [-0.25, -0.2) is 0 Å². The molecule has 1 aliphatic heterocycles. The van der Waals surface area contributed by atoms with E-state index in [0.717, 1.165) is 0 Å². The second-order valence-electron chi connectivity index (χ2n) is 4.82. The molecule has 124 valence electrons. The Labute approximate surface area is 142 Å². The van der Waals surface area contributed by atoms with Crippen molar-refractivity contribution in [2.75, 3.05) is 39.5 Å². The molecule has 0 radical (unpaired) electrons. The Hall–Kier alpha value is -1.93. The van der Waals surface area contributed by atoms with Crippen LogP contribution < -0.4 is 5.32 Å². The minimum absolute atomic E-state index is 0.265. The minimum Gasteiger partial charge on any atom is -0.454 e. The highest BCUT2D eigenvalue weighted by Gasteiger charge is 2.18. The molecule has 2 rings (SSSR count). The van der Waals surface area contributed by atoms with Gasteiger partial charge >= 0.3 is 5.97 Å². The molecule has 23 heavy (non-hydrogen) atoms. The second-order valence-corrected chi connectivity index (χ2v) is 5.67. The molecule has 7 nitrogen and oxygen atoms in total. The van der Waals surface area contributed by atoms with E-state index in [1.807, 2.05) is 0 Å². The summed E-state index contributed by atoms with van der Waals surface area (Å²) in [6.07, 6.45) is 0. The van der Waals surface area contributed by atoms with Gasteiger partial charge < -0.3 is 19.7 Å². The average molecular weight is 385 g/mol. The van der Waals surface area contributed by atoms with Crippen LogP contribution in [0.4, 0.5) is 0 Å². The van der Waals surface area contributed by atoms with Gasteiger partial charge in [-0.2, -0.15) is 0 Å². The number of halogens is 1. The number of hydrogen-bond donors (Lipinski definition) is 1. The molecule has 1 N–H and O–H groups in total. The number of carbonyl (C=O) groups is 3. The molecule has 0 unspecified atom stereocenters. The Bertz CT molecular complexity index is 587. The van der Waals surface area contributed by atoms with Gasteiger partial charge in [-0.05, 0) is 28.1 Å². The van der Waals surface area contributed by atoms with Crippen molar-refractivity contribution < 1.29 is 23.9 Å². The summed E-state index contributed by atoms with van der Waals surface area (Å²) in [6.45, 7) is 1.34. The quantitative estimate of drug-likeness (QED) is 0.750. The molecule has 0 aliphatic carbocycles. The largest absolute Gasteiger partial charge is 0.454 e. The Kier molecular flexibility index (Phi) is 6.54. The number of amides is 2. The van der Waals surface area contributed by atoms with Crippen LogP contribution in [0.25, 0.3) is 0 Å². The van der Waals surface area contributed by atoms with E-state index in [1.165, 1.54) is 0 Å². The van der Waals surface area contributed by atoms with E-state index in [-0.39, 0.29) is 19.1 Å². The van der Waals surface area contributed by atoms with Crippen molar-refractivity contribution >= 4 is 33.7 Å². The highest BCUT2D eigenvalue weighted by Crippen LogP contribution is 2.15. The number of benzene rings is 1. The maximum Gasteiger partial charge on any atom is 0.325 e. The fraction of sp³-hybridized carbons (Fsp3) is 0.400. The minimum atomic E-state index is -0.660. The third-order valence-corrected chi connectivity index (χ3v) is 3.92. The van der Waals surface area contributed by atoms with Gasteiger partial charge in [-0.1, -0.05) is 12.1 Å². The van der Waals surface area contributed by atoms with E-state index in [2.05, 4.69) is 21.2 Å². The molecule has 0 aromatic heterocycles. The van der Waals surface area contributed by atoms with Crippen LogP contribution in [0.2, 0.25) is 0 Å². The lowest BCUT2D eigenvalue weighted by Crippen LogP contribution is -2.43. The summed E-state index contributed by atoms with van der Waals surface area (Å²) in [5.74, 6) is -1.32. The van der Waals surface area contributed by atoms with Crippen molar-refractivity contribution in [3.05, 3.63) is 34.3 Å². The van der Waals surface area contributed by atoms with Gasteiger partial charge in [0.25, 0.3) is 11.8 Å². The van der Waals surface area contributed by atoms with Crippen molar-refractivity contribution in [3.8, 4) is 0 Å². The predicted molar refractivity (Wildman–Crippen MR) is 84.8 cm³/mol. The molecule has 1 saturated heterocycles. The SMILES string of the molecule is O=C(CNC(=O)c1ccccc1Br)OCC(=O)N1CCOCC1. The second kappa shape index (κ2) is 8.64. The Morgan fingerprint density at radius 1 is 1.22 bits per heavy atom. The lowest BCUT2D eigenvalue weighted by molar-refractivity contribution is -0.152. The summed E-state index contributed by atoms with van der Waals surface area (Å²) >= 11 is 3.26. The van der Waals surface area contributed by atoms with Gasteiger partial charge in [-0.3, -0.25) is 14.4 Å². The zero-order valence-electron chi connectivity index (χ0n) is 12.4. The van der Waals surface area contributed by atoms with Crippen molar-refractivity contribution in [2.45, 2.75) is 0 Å². The number of carbonyl (C=O) groups excluding carboxylic acids is 3. The lowest BCUT2D eigenvalue weighted by atomic mass is 10.2. The molecule has 1 aliphatic rings. The summed E-state index contributed by atoms with van der Waals surface area (Å²) in [5.41, 5.74) is 0.421. The zero-order valence-corrected chi connectivity index (χ0v) is 14.0. The fourth-order valence-electron chi connectivity index (χ4n) is 1.99. The van der Waals surface area contributed by atoms with E-state index in [9.17, 15) is 14.4 Å². The first-order valence-electron chi connectivity index (χ1n) is 7.12. The lowest BCUT2D eigenvalue weighted by Gasteiger charge is -2.26. The van der Waals surface area contributed by atoms with Gasteiger partial charge in [0.05, 0.1) is 18.8 Å². The number of morpholine rings is 1. The smallest absolute Gasteiger partial charge is 0.325 e. The van der Waals surface area contributed by atoms with Gasteiger partial charge in [0.1, 0.15) is 6.54 Å². The number of nitrogens with zero attached hydrogens (tertiary/aromatic N) is 1. The van der Waals surface area contributed by atoms with Crippen LogP contribution in [0, 0.1) is 0 Å². The summed E-state index contributed by atoms with van der Waals surface area (Å²) in [4.78, 5) is 36.9. The number of nitrogens with one attached hydrogen (secondary N) is 1. The Morgan fingerprint density at radius 3 is 2.61 bits per heavy atom. The molecule has 1 aromatic carbocycles. The Morgan fingerprint density at radius 2 is 1.91 bits per heavy atom. The molecule has 0 saturated carbocycles. The number of esters is 1. The number of ether oxygens (including phenoxy) is 2. The summed E-state index contributed by atoms with van der Waals surface area (Å²) < 4.78 is 10.6. The maximum absolute atomic E-state index is 11.9. The van der Waals surface area contributed by atoms with Crippen LogP contribution in [0.3, 0.4) is 0 Å². The number of hydrogen-bond acceptors (Lipinski definition) is 5. The summed E-state index contributed by atoms with van der Waals surface area (Å²) in [6, 6.07) is 6.87. The molecule has 8 heteroatoms. The van der Waals surface area contributed by atoms with E-state index < -0.39 is 11.9 Å². The van der Waals surface area contributed by atoms with Crippen molar-refractivity contribution in [1.82, 2.24) is 10.2 Å². The summed E-state index contributed by atoms with van der Waals surface area (Å²) in [7, 11) is 0. The third kappa shape index (κ3) is 5.33. The predicted octanol–water partition coefficient (Wildman–Crippen LogP) is 0.581. The highest BCUT2D eigenvalue weighted by molar-refractivity contribution is 9.10. The van der Waals surface area contributed by atoms with Crippen molar-refractivity contribution in [1.29, 1.82) is 0 Å². The van der Waals surface area contributed by atoms with Crippen LogP contribution in [0.1, 0.15) is 10.4 Å². The normalized spacial score (nSPS) is 14.2. The number of rotatable bonds is 5. The molecular weight excluding hydrogens is 368 g/mol. The average Bonchev–Trinajstić information content (AvgIpc) is 2.58. The van der Waals surface area contributed by atoms with Gasteiger partial charge in [0.15, 0.2) is 6.61 Å². The van der Waals surface area contributed by atoms with Gasteiger partial charge in [0, 0.05) is 17.6 Å². The van der Waals surface area contributed by atoms with E-state index in [0.29, 0.717) is 36.3 Å². The van der Waals surface area contributed by atoms with E-state index in [4.69, 9.17) is 9.47 Å². The van der Waals surface area contributed by atoms with Crippen LogP contribution in [-0.2, 0) is 19.1 Å². The monoisotopic (exact) mass is 384 g/mol. The topological polar surface area (TPSA) is 84.9 Å². The Balaban J connectivity index is 1.71. The van der Waals surface area contributed by atoms with Gasteiger partial charge in [-0.15, -0.1) is 0 Å². The van der Waals surface area contributed by atoms with Crippen molar-refractivity contribution in [3.63, 3.8) is 0 Å². The standard InChI is InChI=1S/C15H17BrN2O5/c16-12-4-2-1-3-11(12)15(21)17-9-14(20)23-10-13(19)18-5-7-22-8-6-18/h1-4H,5-10H2,(H,17,21). The van der Waals surface area contributed by atoms with E-state index >= 15 is 0 Å². The molecule has 1 heterocycles. The van der Waals surface area contributed by atoms with Crippen LogP contribution >= 0.6 is 15.9 Å². The molecular formula is C15H17BrN2O5. The van der Waals surface area contributed by atoms with Crippen LogP contribution in [-0.4, -0.2) is 62.1 Å². The summed E-state index contributed by atoms with van der Waals surface area (Å²) in [5, 5.41) is 2.45. The van der Waals surface area contributed by atoms with Crippen LogP contribution in [0.5, 0.6) is 0 Å². The third-order valence-electron chi connectivity index (χ3n) is 3.23. The molecule has 2 amide bonds. The van der Waals surface area contributed by atoms with Crippen LogP contribution in [0.15, 0.2) is 28.7 Å². The molecule has 1 aromatic rings. The first kappa shape index (κ1) is 17.4. The molecule has 0 bridgehead atoms. The molecule has 1 fully saturated rings. The van der Waals surface area contributed by atoms with E-state index in [1.54, 1.807) is 29.2 Å². The van der Waals surface area contributed by atoms with Gasteiger partial charge in [0.2, 0.25) is 0 Å². The first-order chi connectivity index (χ1) is 11.1. The zero-order chi connectivity index (χ0) is 16.7. The maximum atomic E-state index is 11.9. The fourth-order valence-corrected chi connectivity index (χ4v) is 2.46. The molecule has 0 spiro atoms. The highest BCUT2D eigenvalue weighted by atomic mass is 79.9.